The quantitative estimate of drug-likeness (QED) is 0.752. The molecule has 0 bridgehead atoms. The molecule has 6 nitrogen and oxygen atoms in total. The van der Waals surface area contributed by atoms with Crippen LogP contribution in [0.2, 0.25) is 0 Å². The standard InChI is InChI=1S/C10H16N2O4S/c1-3-9-11-8(4-10(14)12-9)6-17(15,16)7(2)5-13/h4,7,13H,3,5-6H2,1-2H3,(H,11,12,14). The van der Waals surface area contributed by atoms with Crippen LogP contribution in [0.15, 0.2) is 10.9 Å². The smallest absolute Gasteiger partial charge is 0.251 e. The minimum atomic E-state index is -3.47. The number of rotatable bonds is 5. The van der Waals surface area contributed by atoms with Crippen LogP contribution in [0.5, 0.6) is 0 Å². The first-order chi connectivity index (χ1) is 7.89. The number of nitrogens with zero attached hydrogens (tertiary/aromatic N) is 1. The van der Waals surface area contributed by atoms with Gasteiger partial charge in [-0.15, -0.1) is 0 Å². The van der Waals surface area contributed by atoms with E-state index in [0.29, 0.717) is 12.2 Å². The summed E-state index contributed by atoms with van der Waals surface area (Å²) in [7, 11) is -3.47. The van der Waals surface area contributed by atoms with Crippen LogP contribution in [0.4, 0.5) is 0 Å². The van der Waals surface area contributed by atoms with Crippen LogP contribution in [-0.2, 0) is 22.0 Å². The SMILES string of the molecule is CCc1nc(CS(=O)(=O)C(C)CO)cc(=O)[nH]1. The van der Waals surface area contributed by atoms with Crippen molar-refractivity contribution in [3.8, 4) is 0 Å². The molecule has 0 aliphatic rings. The molecule has 1 atom stereocenters. The molecule has 1 unspecified atom stereocenters. The maximum Gasteiger partial charge on any atom is 0.251 e. The van der Waals surface area contributed by atoms with Crippen LogP contribution >= 0.6 is 0 Å². The van der Waals surface area contributed by atoms with Crippen molar-refractivity contribution in [1.82, 2.24) is 9.97 Å². The Kier molecular flexibility index (Phi) is 4.41. The molecule has 0 saturated carbocycles. The van der Waals surface area contributed by atoms with E-state index in [1.165, 1.54) is 13.0 Å². The van der Waals surface area contributed by atoms with E-state index in [-0.39, 0.29) is 17.0 Å². The molecule has 0 spiro atoms. The highest BCUT2D eigenvalue weighted by Crippen LogP contribution is 2.08. The molecule has 1 aromatic heterocycles. The van der Waals surface area contributed by atoms with Crippen molar-refractivity contribution in [3.05, 3.63) is 27.9 Å². The average Bonchev–Trinajstić information content (AvgIpc) is 2.26. The normalized spacial score (nSPS) is 13.6. The lowest BCUT2D eigenvalue weighted by atomic mass is 10.4. The molecule has 0 aliphatic heterocycles. The van der Waals surface area contributed by atoms with Gasteiger partial charge in [-0.1, -0.05) is 6.92 Å². The predicted molar refractivity (Wildman–Crippen MR) is 63.4 cm³/mol. The minimum absolute atomic E-state index is 0.214. The zero-order chi connectivity index (χ0) is 13.1. The first-order valence-corrected chi connectivity index (χ1v) is 7.02. The fourth-order valence-corrected chi connectivity index (χ4v) is 2.34. The lowest BCUT2D eigenvalue weighted by Gasteiger charge is -2.09. The molecule has 0 aromatic carbocycles. The largest absolute Gasteiger partial charge is 0.395 e. The second-order valence-electron chi connectivity index (χ2n) is 3.84. The van der Waals surface area contributed by atoms with E-state index < -0.39 is 21.7 Å². The number of aromatic nitrogens is 2. The van der Waals surface area contributed by atoms with Crippen LogP contribution in [0.3, 0.4) is 0 Å². The summed E-state index contributed by atoms with van der Waals surface area (Å²) in [5.41, 5.74) is -0.149. The van der Waals surface area contributed by atoms with Crippen LogP contribution in [0.25, 0.3) is 0 Å². The number of nitrogens with one attached hydrogen (secondary N) is 1. The number of aromatic amines is 1. The Balaban J connectivity index is 3.04. The van der Waals surface area contributed by atoms with Crippen molar-refractivity contribution in [2.24, 2.45) is 0 Å². The fourth-order valence-electron chi connectivity index (χ4n) is 1.27. The Hall–Kier alpha value is -1.21. The number of hydrogen-bond acceptors (Lipinski definition) is 5. The second kappa shape index (κ2) is 5.42. The van der Waals surface area contributed by atoms with E-state index >= 15 is 0 Å². The Bertz CT molecular complexity index is 535. The molecule has 17 heavy (non-hydrogen) atoms. The number of sulfone groups is 1. The van der Waals surface area contributed by atoms with Gasteiger partial charge in [0.05, 0.1) is 23.3 Å². The molecule has 2 N–H and O–H groups in total. The molecule has 0 radical (unpaired) electrons. The summed E-state index contributed by atoms with van der Waals surface area (Å²) >= 11 is 0. The maximum atomic E-state index is 11.7. The van der Waals surface area contributed by atoms with Gasteiger partial charge in [0.1, 0.15) is 5.82 Å². The van der Waals surface area contributed by atoms with E-state index in [9.17, 15) is 13.2 Å². The molecule has 0 fully saturated rings. The van der Waals surface area contributed by atoms with Crippen LogP contribution in [-0.4, -0.2) is 35.3 Å². The third kappa shape index (κ3) is 3.64. The van der Waals surface area contributed by atoms with E-state index in [1.54, 1.807) is 0 Å². The van der Waals surface area contributed by atoms with Crippen molar-refractivity contribution in [3.63, 3.8) is 0 Å². The molecule has 1 aromatic rings. The lowest BCUT2D eigenvalue weighted by Crippen LogP contribution is -2.24. The Morgan fingerprint density at radius 1 is 1.53 bits per heavy atom. The number of aryl methyl sites for hydroxylation is 1. The molecule has 0 amide bonds. The van der Waals surface area contributed by atoms with Gasteiger partial charge < -0.3 is 10.1 Å². The second-order valence-corrected chi connectivity index (χ2v) is 6.26. The van der Waals surface area contributed by atoms with Gasteiger partial charge in [-0.3, -0.25) is 4.79 Å². The minimum Gasteiger partial charge on any atom is -0.395 e. The van der Waals surface area contributed by atoms with Crippen LogP contribution in [0, 0.1) is 0 Å². The van der Waals surface area contributed by atoms with E-state index in [0.717, 1.165) is 0 Å². The Labute approximate surface area is 99.6 Å². The highest BCUT2D eigenvalue weighted by atomic mass is 32.2. The van der Waals surface area contributed by atoms with Crippen LogP contribution < -0.4 is 5.56 Å². The fraction of sp³-hybridized carbons (Fsp3) is 0.600. The zero-order valence-corrected chi connectivity index (χ0v) is 10.6. The van der Waals surface area contributed by atoms with E-state index in [4.69, 9.17) is 5.11 Å². The molecule has 96 valence electrons. The molecule has 1 heterocycles. The Morgan fingerprint density at radius 2 is 2.18 bits per heavy atom. The van der Waals surface area contributed by atoms with Crippen molar-refractivity contribution >= 4 is 9.84 Å². The topological polar surface area (TPSA) is 100 Å². The third-order valence-electron chi connectivity index (χ3n) is 2.40. The summed E-state index contributed by atoms with van der Waals surface area (Å²) in [5, 5.41) is 7.98. The van der Waals surface area contributed by atoms with Crippen molar-refractivity contribution in [2.75, 3.05) is 6.61 Å². The molecule has 0 aliphatic carbocycles. The number of hydrogen-bond donors (Lipinski definition) is 2. The predicted octanol–water partition coefficient (Wildman–Crippen LogP) is -0.372. The lowest BCUT2D eigenvalue weighted by molar-refractivity contribution is 0.295. The molecule has 1 rings (SSSR count). The van der Waals surface area contributed by atoms with Gasteiger partial charge in [0.15, 0.2) is 9.84 Å². The Morgan fingerprint density at radius 3 is 2.71 bits per heavy atom. The van der Waals surface area contributed by atoms with Crippen molar-refractivity contribution in [1.29, 1.82) is 0 Å². The number of aliphatic hydroxyl groups excluding tert-OH is 1. The average molecular weight is 260 g/mol. The van der Waals surface area contributed by atoms with Gasteiger partial charge in [-0.2, -0.15) is 0 Å². The van der Waals surface area contributed by atoms with Gasteiger partial charge in [-0.05, 0) is 6.92 Å². The van der Waals surface area contributed by atoms with Gasteiger partial charge in [-0.25, -0.2) is 13.4 Å². The molecule has 0 saturated heterocycles. The first kappa shape index (κ1) is 13.9. The van der Waals surface area contributed by atoms with E-state index in [1.807, 2.05) is 6.92 Å². The summed E-state index contributed by atoms with van der Waals surface area (Å²) in [4.78, 5) is 17.8. The summed E-state index contributed by atoms with van der Waals surface area (Å²) in [5.74, 6) is 0.130. The van der Waals surface area contributed by atoms with E-state index in [2.05, 4.69) is 9.97 Å². The molecule has 7 heteroatoms. The molecular formula is C10H16N2O4S. The monoisotopic (exact) mass is 260 g/mol. The summed E-state index contributed by atoms with van der Waals surface area (Å²) < 4.78 is 23.5. The van der Waals surface area contributed by atoms with Gasteiger partial charge in [0, 0.05) is 12.5 Å². The number of H-pyrrole nitrogens is 1. The summed E-state index contributed by atoms with van der Waals surface area (Å²) in [6, 6.07) is 1.17. The van der Waals surface area contributed by atoms with Crippen molar-refractivity contribution in [2.45, 2.75) is 31.3 Å². The zero-order valence-electron chi connectivity index (χ0n) is 9.80. The number of aliphatic hydroxyl groups is 1. The van der Waals surface area contributed by atoms with Gasteiger partial charge in [0.2, 0.25) is 0 Å². The molecular weight excluding hydrogens is 244 g/mol. The highest BCUT2D eigenvalue weighted by Gasteiger charge is 2.21. The van der Waals surface area contributed by atoms with Gasteiger partial charge >= 0.3 is 0 Å². The van der Waals surface area contributed by atoms with Crippen molar-refractivity contribution < 1.29 is 13.5 Å². The first-order valence-electron chi connectivity index (χ1n) is 5.30. The van der Waals surface area contributed by atoms with Gasteiger partial charge in [0.25, 0.3) is 5.56 Å². The highest BCUT2D eigenvalue weighted by molar-refractivity contribution is 7.91. The summed E-state index contributed by atoms with van der Waals surface area (Å²) in [6.07, 6.45) is 0.526. The third-order valence-corrected chi connectivity index (χ3v) is 4.47. The maximum absolute atomic E-state index is 11.7. The summed E-state index contributed by atoms with van der Waals surface area (Å²) in [6.45, 7) is 2.79. The van der Waals surface area contributed by atoms with Crippen LogP contribution in [0.1, 0.15) is 25.4 Å².